The van der Waals surface area contributed by atoms with Crippen LogP contribution in [0.3, 0.4) is 0 Å². The minimum absolute atomic E-state index is 0.324. The lowest BCUT2D eigenvalue weighted by Crippen LogP contribution is -1.98. The molecule has 1 heterocycles. The van der Waals surface area contributed by atoms with Crippen molar-refractivity contribution in [2.75, 3.05) is 5.73 Å². The second kappa shape index (κ2) is 4.59. The summed E-state index contributed by atoms with van der Waals surface area (Å²) < 4.78 is 14.1. The molecule has 0 radical (unpaired) electrons. The van der Waals surface area contributed by atoms with Gasteiger partial charge in [-0.25, -0.2) is 14.4 Å². The van der Waals surface area contributed by atoms with Crippen LogP contribution >= 0.6 is 15.9 Å². The Morgan fingerprint density at radius 3 is 2.68 bits per heavy atom. The fourth-order valence-corrected chi connectivity index (χ4v) is 2.24. The molecule has 0 aliphatic rings. The van der Waals surface area contributed by atoms with Gasteiger partial charge in [-0.3, -0.25) is 0 Å². The molecule has 0 amide bonds. The molecule has 0 spiro atoms. The highest BCUT2D eigenvalue weighted by atomic mass is 79.9. The van der Waals surface area contributed by atoms with Gasteiger partial charge in [0.25, 0.3) is 0 Å². The molecule has 0 fully saturated rings. The van der Waals surface area contributed by atoms with Gasteiger partial charge < -0.3 is 5.73 Å². The molecule has 3 rings (SSSR count). The van der Waals surface area contributed by atoms with Crippen molar-refractivity contribution in [3.05, 3.63) is 52.8 Å². The second-order valence-electron chi connectivity index (χ2n) is 4.10. The van der Waals surface area contributed by atoms with Crippen molar-refractivity contribution < 1.29 is 4.39 Å². The van der Waals surface area contributed by atoms with Crippen LogP contribution in [-0.4, -0.2) is 9.97 Å². The number of hydrogen-bond donors (Lipinski definition) is 1. The van der Waals surface area contributed by atoms with Crippen LogP contribution in [0.2, 0.25) is 0 Å². The quantitative estimate of drug-likeness (QED) is 0.743. The summed E-state index contributed by atoms with van der Waals surface area (Å²) in [5, 5.41) is 0.773. The summed E-state index contributed by atoms with van der Waals surface area (Å²) >= 11 is 3.38. The molecule has 0 aliphatic heterocycles. The summed E-state index contributed by atoms with van der Waals surface area (Å²) in [6.45, 7) is 0. The summed E-state index contributed by atoms with van der Waals surface area (Å²) in [5.41, 5.74) is 7.27. The lowest BCUT2D eigenvalue weighted by Gasteiger charge is -2.06. The monoisotopic (exact) mass is 317 g/mol. The van der Waals surface area contributed by atoms with Crippen molar-refractivity contribution >= 4 is 32.7 Å². The van der Waals surface area contributed by atoms with Gasteiger partial charge in [-0.1, -0.05) is 28.1 Å². The van der Waals surface area contributed by atoms with Crippen LogP contribution < -0.4 is 5.73 Å². The lowest BCUT2D eigenvalue weighted by molar-refractivity contribution is 0.628. The summed E-state index contributed by atoms with van der Waals surface area (Å²) in [4.78, 5) is 8.64. The van der Waals surface area contributed by atoms with Crippen LogP contribution in [0.1, 0.15) is 0 Å². The molecule has 0 bridgehead atoms. The molecule has 3 nitrogen and oxygen atoms in total. The number of halogens is 2. The zero-order valence-corrected chi connectivity index (χ0v) is 11.4. The topological polar surface area (TPSA) is 51.8 Å². The zero-order chi connectivity index (χ0) is 13.4. The summed E-state index contributed by atoms with van der Waals surface area (Å²) in [6.07, 6.45) is 0. The van der Waals surface area contributed by atoms with E-state index in [0.29, 0.717) is 17.2 Å². The Kier molecular flexibility index (Phi) is 2.91. The molecule has 0 unspecified atom stereocenters. The van der Waals surface area contributed by atoms with Crippen LogP contribution in [0.4, 0.5) is 10.2 Å². The predicted octanol–water partition coefficient (Wildman–Crippen LogP) is 3.78. The Hall–Kier alpha value is -2.01. The molecule has 0 saturated heterocycles. The number of nitrogens with two attached hydrogens (primary N) is 1. The summed E-state index contributed by atoms with van der Waals surface area (Å²) in [5.74, 6) is 0.480. The Morgan fingerprint density at radius 1 is 1.05 bits per heavy atom. The molecule has 2 N–H and O–H groups in total. The fourth-order valence-electron chi connectivity index (χ4n) is 1.88. The third kappa shape index (κ3) is 2.29. The van der Waals surface area contributed by atoms with Crippen LogP contribution in [0.25, 0.3) is 22.3 Å². The predicted molar refractivity (Wildman–Crippen MR) is 77.0 cm³/mol. The van der Waals surface area contributed by atoms with Gasteiger partial charge in [-0.15, -0.1) is 0 Å². The fraction of sp³-hybridized carbons (Fsp3) is 0. The maximum absolute atomic E-state index is 13.2. The van der Waals surface area contributed by atoms with E-state index in [1.54, 1.807) is 12.1 Å². The molecular weight excluding hydrogens is 309 g/mol. The smallest absolute Gasteiger partial charge is 0.162 e. The second-order valence-corrected chi connectivity index (χ2v) is 5.02. The van der Waals surface area contributed by atoms with Gasteiger partial charge in [0.2, 0.25) is 0 Å². The van der Waals surface area contributed by atoms with Crippen LogP contribution in [0.5, 0.6) is 0 Å². The highest BCUT2D eigenvalue weighted by molar-refractivity contribution is 9.10. The van der Waals surface area contributed by atoms with Gasteiger partial charge in [-0.05, 0) is 30.3 Å². The van der Waals surface area contributed by atoms with Crippen molar-refractivity contribution in [3.63, 3.8) is 0 Å². The van der Waals surface area contributed by atoms with E-state index in [1.165, 1.54) is 12.1 Å². The third-order valence-electron chi connectivity index (χ3n) is 2.77. The standard InChI is InChI=1S/C14H9BrFN3/c15-9-4-5-12-11(7-9)13(17)19-14(18-12)8-2-1-3-10(16)6-8/h1-7H,(H2,17,18,19). The highest BCUT2D eigenvalue weighted by Crippen LogP contribution is 2.25. The SMILES string of the molecule is Nc1nc(-c2cccc(F)c2)nc2ccc(Br)cc12. The van der Waals surface area contributed by atoms with Gasteiger partial charge in [-0.2, -0.15) is 0 Å². The van der Waals surface area contributed by atoms with Crippen LogP contribution in [0, 0.1) is 5.82 Å². The first kappa shape index (κ1) is 12.0. The van der Waals surface area contributed by atoms with Gasteiger partial charge >= 0.3 is 0 Å². The van der Waals surface area contributed by atoms with Crippen molar-refractivity contribution in [1.29, 1.82) is 0 Å². The van der Waals surface area contributed by atoms with E-state index >= 15 is 0 Å². The average molecular weight is 318 g/mol. The first-order chi connectivity index (χ1) is 9.13. The molecule has 2 aromatic carbocycles. The van der Waals surface area contributed by atoms with Gasteiger partial charge in [0, 0.05) is 15.4 Å². The molecule has 1 aromatic heterocycles. The van der Waals surface area contributed by atoms with E-state index in [0.717, 1.165) is 15.4 Å². The van der Waals surface area contributed by atoms with E-state index in [1.807, 2.05) is 18.2 Å². The van der Waals surface area contributed by atoms with E-state index < -0.39 is 0 Å². The van der Waals surface area contributed by atoms with E-state index in [9.17, 15) is 4.39 Å². The number of hydrogen-bond acceptors (Lipinski definition) is 3. The van der Waals surface area contributed by atoms with E-state index in [2.05, 4.69) is 25.9 Å². The maximum atomic E-state index is 13.2. The minimum Gasteiger partial charge on any atom is -0.383 e. The molecule has 0 aliphatic carbocycles. The molecule has 0 atom stereocenters. The number of fused-ring (bicyclic) bond motifs is 1. The summed E-state index contributed by atoms with van der Waals surface area (Å²) in [7, 11) is 0. The van der Waals surface area contributed by atoms with Crippen molar-refractivity contribution in [2.45, 2.75) is 0 Å². The van der Waals surface area contributed by atoms with Gasteiger partial charge in [0.1, 0.15) is 11.6 Å². The van der Waals surface area contributed by atoms with Crippen molar-refractivity contribution in [2.24, 2.45) is 0 Å². The van der Waals surface area contributed by atoms with Crippen LogP contribution in [-0.2, 0) is 0 Å². The molecule has 19 heavy (non-hydrogen) atoms. The number of nitrogen functional groups attached to an aromatic ring is 1. The zero-order valence-electron chi connectivity index (χ0n) is 9.77. The van der Waals surface area contributed by atoms with Crippen molar-refractivity contribution in [1.82, 2.24) is 9.97 Å². The van der Waals surface area contributed by atoms with Gasteiger partial charge in [0.15, 0.2) is 5.82 Å². The lowest BCUT2D eigenvalue weighted by atomic mass is 10.2. The molecule has 3 aromatic rings. The molecule has 94 valence electrons. The van der Waals surface area contributed by atoms with E-state index in [4.69, 9.17) is 5.73 Å². The first-order valence-corrected chi connectivity index (χ1v) is 6.41. The number of nitrogens with zero attached hydrogens (tertiary/aromatic N) is 2. The molecule has 5 heteroatoms. The van der Waals surface area contributed by atoms with Crippen molar-refractivity contribution in [3.8, 4) is 11.4 Å². The van der Waals surface area contributed by atoms with Crippen LogP contribution in [0.15, 0.2) is 46.9 Å². The number of aromatic nitrogens is 2. The number of anilines is 1. The Balaban J connectivity index is 2.24. The maximum Gasteiger partial charge on any atom is 0.162 e. The summed E-state index contributed by atoms with van der Waals surface area (Å²) in [6, 6.07) is 11.7. The Morgan fingerprint density at radius 2 is 1.89 bits per heavy atom. The highest BCUT2D eigenvalue weighted by Gasteiger charge is 2.08. The third-order valence-corrected chi connectivity index (χ3v) is 3.26. The van der Waals surface area contributed by atoms with E-state index in [-0.39, 0.29) is 5.82 Å². The first-order valence-electron chi connectivity index (χ1n) is 5.62. The largest absolute Gasteiger partial charge is 0.383 e. The average Bonchev–Trinajstić information content (AvgIpc) is 2.39. The molecular formula is C14H9BrFN3. The number of rotatable bonds is 1. The number of benzene rings is 2. The minimum atomic E-state index is -0.324. The normalized spacial score (nSPS) is 10.8. The Labute approximate surface area is 117 Å². The van der Waals surface area contributed by atoms with Gasteiger partial charge in [0.05, 0.1) is 5.52 Å². The Bertz CT molecular complexity index is 774. The molecule has 0 saturated carbocycles.